The average molecular weight is 360 g/mol. The van der Waals surface area contributed by atoms with Crippen molar-refractivity contribution in [2.24, 2.45) is 0 Å². The maximum atomic E-state index is 5.30. The second-order valence-corrected chi connectivity index (χ2v) is 7.46. The lowest BCUT2D eigenvalue weighted by atomic mass is 9.96. The fourth-order valence-corrected chi connectivity index (χ4v) is 2.76. The maximum absolute atomic E-state index is 5.30. The first kappa shape index (κ1) is 17.4. The molecule has 3 rings (SSSR count). The van der Waals surface area contributed by atoms with Gasteiger partial charge in [0.25, 0.3) is 0 Å². The van der Waals surface area contributed by atoms with Crippen LogP contribution in [0.25, 0.3) is 0 Å². The number of benzene rings is 1. The largest absolute Gasteiger partial charge is 0.497 e. The molecule has 0 spiro atoms. The fraction of sp³-hybridized carbons (Fsp3) is 0.438. The Labute approximate surface area is 150 Å². The van der Waals surface area contributed by atoms with Crippen molar-refractivity contribution < 1.29 is 9.26 Å². The number of nitrogens with zero attached hydrogens (tertiary/aromatic N) is 6. The van der Waals surface area contributed by atoms with E-state index < -0.39 is 0 Å². The van der Waals surface area contributed by atoms with Crippen LogP contribution in [-0.4, -0.2) is 37.5 Å². The highest BCUT2D eigenvalue weighted by molar-refractivity contribution is 7.98. The standard InChI is InChI=1S/C16H20N6O2S/c1-16(2,3)14-17-13(24-19-14)10-25-15-18-20-21-22(15)9-11-5-7-12(23-4)8-6-11/h5-8H,9-10H2,1-4H3. The number of methoxy groups -OCH3 is 1. The van der Waals surface area contributed by atoms with E-state index in [0.717, 1.165) is 11.3 Å². The first-order chi connectivity index (χ1) is 12.0. The molecule has 132 valence electrons. The lowest BCUT2D eigenvalue weighted by molar-refractivity contribution is 0.372. The van der Waals surface area contributed by atoms with E-state index in [2.05, 4.69) is 25.7 Å². The zero-order chi connectivity index (χ0) is 17.9. The third-order valence-electron chi connectivity index (χ3n) is 3.45. The lowest BCUT2D eigenvalue weighted by Crippen LogP contribution is -2.13. The van der Waals surface area contributed by atoms with Crippen LogP contribution in [-0.2, 0) is 17.7 Å². The Kier molecular flexibility index (Phi) is 5.03. The summed E-state index contributed by atoms with van der Waals surface area (Å²) >= 11 is 1.46. The number of aromatic nitrogens is 6. The second kappa shape index (κ2) is 7.22. The predicted molar refractivity (Wildman–Crippen MR) is 92.5 cm³/mol. The number of tetrazole rings is 1. The molecule has 1 aromatic carbocycles. The molecular weight excluding hydrogens is 340 g/mol. The van der Waals surface area contributed by atoms with Crippen molar-refractivity contribution in [1.82, 2.24) is 30.3 Å². The van der Waals surface area contributed by atoms with Gasteiger partial charge in [-0.3, -0.25) is 0 Å². The normalized spacial score (nSPS) is 11.7. The van der Waals surface area contributed by atoms with Gasteiger partial charge >= 0.3 is 0 Å². The number of thioether (sulfide) groups is 1. The van der Waals surface area contributed by atoms with Crippen LogP contribution in [0.2, 0.25) is 0 Å². The Bertz CT molecular complexity index is 822. The monoisotopic (exact) mass is 360 g/mol. The van der Waals surface area contributed by atoms with Crippen LogP contribution in [0.4, 0.5) is 0 Å². The molecule has 0 unspecified atom stereocenters. The molecule has 8 nitrogen and oxygen atoms in total. The SMILES string of the molecule is COc1ccc(Cn2nnnc2SCc2nc(C(C)(C)C)no2)cc1. The van der Waals surface area contributed by atoms with Gasteiger partial charge in [0.1, 0.15) is 5.75 Å². The van der Waals surface area contributed by atoms with Crippen molar-refractivity contribution in [3.8, 4) is 5.75 Å². The van der Waals surface area contributed by atoms with Crippen LogP contribution in [0.1, 0.15) is 38.0 Å². The van der Waals surface area contributed by atoms with Crippen LogP contribution in [0, 0.1) is 0 Å². The molecule has 0 saturated carbocycles. The Morgan fingerprint density at radius 2 is 1.96 bits per heavy atom. The lowest BCUT2D eigenvalue weighted by Gasteiger charge is -2.10. The topological polar surface area (TPSA) is 91.8 Å². The molecule has 0 aliphatic heterocycles. The molecule has 2 aromatic heterocycles. The molecule has 2 heterocycles. The van der Waals surface area contributed by atoms with Gasteiger partial charge in [-0.05, 0) is 28.1 Å². The molecule has 0 amide bonds. The first-order valence-corrected chi connectivity index (χ1v) is 8.79. The van der Waals surface area contributed by atoms with Crippen molar-refractivity contribution in [1.29, 1.82) is 0 Å². The Hall–Kier alpha value is -2.42. The fourth-order valence-electron chi connectivity index (χ4n) is 2.05. The summed E-state index contributed by atoms with van der Waals surface area (Å²) in [5.74, 6) is 2.60. The number of ether oxygens (including phenoxy) is 1. The van der Waals surface area contributed by atoms with Crippen LogP contribution in [0.15, 0.2) is 33.9 Å². The summed E-state index contributed by atoms with van der Waals surface area (Å²) in [5.41, 5.74) is 0.949. The van der Waals surface area contributed by atoms with Crippen molar-refractivity contribution >= 4 is 11.8 Å². The second-order valence-electron chi connectivity index (χ2n) is 6.52. The van der Waals surface area contributed by atoms with Gasteiger partial charge < -0.3 is 9.26 Å². The molecule has 0 bridgehead atoms. The van der Waals surface area contributed by atoms with Crippen molar-refractivity contribution in [3.63, 3.8) is 0 Å². The van der Waals surface area contributed by atoms with E-state index in [1.165, 1.54) is 11.8 Å². The number of rotatable bonds is 6. The molecule has 3 aromatic rings. The van der Waals surface area contributed by atoms with E-state index in [0.29, 0.717) is 29.2 Å². The molecule has 0 aliphatic rings. The Balaban J connectivity index is 1.64. The summed E-state index contributed by atoms with van der Waals surface area (Å²) in [5, 5.41) is 16.6. The molecule has 0 N–H and O–H groups in total. The van der Waals surface area contributed by atoms with Crippen LogP contribution >= 0.6 is 11.8 Å². The van der Waals surface area contributed by atoms with E-state index in [4.69, 9.17) is 9.26 Å². The highest BCUT2D eigenvalue weighted by Crippen LogP contribution is 2.23. The van der Waals surface area contributed by atoms with Gasteiger partial charge in [0.05, 0.1) is 19.4 Å². The molecule has 0 saturated heterocycles. The molecule has 25 heavy (non-hydrogen) atoms. The van der Waals surface area contributed by atoms with Crippen LogP contribution in [0.5, 0.6) is 5.75 Å². The van der Waals surface area contributed by atoms with Crippen LogP contribution in [0.3, 0.4) is 0 Å². The molecule has 9 heteroatoms. The van der Waals surface area contributed by atoms with Crippen molar-refractivity contribution in [2.75, 3.05) is 7.11 Å². The highest BCUT2D eigenvalue weighted by Gasteiger charge is 2.21. The summed E-state index contributed by atoms with van der Waals surface area (Å²) in [6.45, 7) is 6.72. The quantitative estimate of drug-likeness (QED) is 0.620. The van der Waals surface area contributed by atoms with Crippen molar-refractivity contribution in [3.05, 3.63) is 41.5 Å². The van der Waals surface area contributed by atoms with Gasteiger partial charge in [-0.1, -0.05) is 49.8 Å². The predicted octanol–water partition coefficient (Wildman–Crippen LogP) is 2.70. The van der Waals surface area contributed by atoms with Gasteiger partial charge in [0.15, 0.2) is 5.82 Å². The minimum Gasteiger partial charge on any atom is -0.497 e. The van der Waals surface area contributed by atoms with E-state index >= 15 is 0 Å². The summed E-state index contributed by atoms with van der Waals surface area (Å²) in [4.78, 5) is 4.42. The highest BCUT2D eigenvalue weighted by atomic mass is 32.2. The van der Waals surface area contributed by atoms with Crippen LogP contribution < -0.4 is 4.74 Å². The molecule has 0 fully saturated rings. The zero-order valence-electron chi connectivity index (χ0n) is 14.6. The summed E-state index contributed by atoms with van der Waals surface area (Å²) in [7, 11) is 1.65. The van der Waals surface area contributed by atoms with E-state index in [1.54, 1.807) is 11.8 Å². The zero-order valence-corrected chi connectivity index (χ0v) is 15.4. The third kappa shape index (κ3) is 4.36. The summed E-state index contributed by atoms with van der Waals surface area (Å²) in [6, 6.07) is 7.81. The maximum Gasteiger partial charge on any atom is 0.237 e. The van der Waals surface area contributed by atoms with Gasteiger partial charge in [-0.25, -0.2) is 4.68 Å². The smallest absolute Gasteiger partial charge is 0.237 e. The number of hydrogen-bond donors (Lipinski definition) is 0. The van der Waals surface area contributed by atoms with E-state index in [9.17, 15) is 0 Å². The van der Waals surface area contributed by atoms with Gasteiger partial charge in [-0.2, -0.15) is 4.98 Å². The van der Waals surface area contributed by atoms with E-state index in [-0.39, 0.29) is 5.41 Å². The van der Waals surface area contributed by atoms with E-state index in [1.807, 2.05) is 45.0 Å². The number of hydrogen-bond acceptors (Lipinski definition) is 8. The molecule has 0 atom stereocenters. The minimum absolute atomic E-state index is 0.137. The van der Waals surface area contributed by atoms with Crippen molar-refractivity contribution in [2.45, 2.75) is 43.6 Å². The summed E-state index contributed by atoms with van der Waals surface area (Å²) in [6.07, 6.45) is 0. The Morgan fingerprint density at radius 3 is 2.60 bits per heavy atom. The minimum atomic E-state index is -0.137. The molecule has 0 aliphatic carbocycles. The molecular formula is C16H20N6O2S. The summed E-state index contributed by atoms with van der Waals surface area (Å²) < 4.78 is 12.2. The van der Waals surface area contributed by atoms with Gasteiger partial charge in [0.2, 0.25) is 11.0 Å². The first-order valence-electron chi connectivity index (χ1n) is 7.80. The molecule has 0 radical (unpaired) electrons. The van der Waals surface area contributed by atoms with Gasteiger partial charge in [-0.15, -0.1) is 5.10 Å². The average Bonchev–Trinajstić information content (AvgIpc) is 3.22. The van der Waals surface area contributed by atoms with Gasteiger partial charge in [0, 0.05) is 5.41 Å². The third-order valence-corrected chi connectivity index (χ3v) is 4.40. The Morgan fingerprint density at radius 1 is 1.20 bits per heavy atom.